The monoisotopic (exact) mass is 247 g/mol. The number of aromatic nitrogens is 2. The molecule has 98 valence electrons. The van der Waals surface area contributed by atoms with E-state index in [0.717, 1.165) is 30.6 Å². The van der Waals surface area contributed by atoms with Gasteiger partial charge in [0.25, 0.3) is 0 Å². The lowest BCUT2D eigenvalue weighted by Gasteiger charge is -2.16. The Morgan fingerprint density at radius 3 is 2.50 bits per heavy atom. The van der Waals surface area contributed by atoms with Gasteiger partial charge in [0.15, 0.2) is 0 Å². The first kappa shape index (κ1) is 11.6. The fraction of sp³-hybridized carbons (Fsp3) is 0.692. The number of nitrogens with zero attached hydrogens (tertiary/aromatic N) is 2. The molecule has 2 aliphatic carbocycles. The maximum Gasteiger partial charge on any atom is 0.223 e. The second-order valence-electron chi connectivity index (χ2n) is 5.52. The molecule has 0 aromatic carbocycles. The van der Waals surface area contributed by atoms with Gasteiger partial charge < -0.3 is 16.4 Å². The maximum absolute atomic E-state index is 5.71. The quantitative estimate of drug-likeness (QED) is 0.717. The van der Waals surface area contributed by atoms with Crippen molar-refractivity contribution in [3.05, 3.63) is 6.07 Å². The summed E-state index contributed by atoms with van der Waals surface area (Å²) in [5.74, 6) is 2.92. The topological polar surface area (TPSA) is 75.9 Å². The number of hydrogen-bond acceptors (Lipinski definition) is 5. The SMILES string of the molecule is CCNc1cc(NCC2(C3CC3)CC2)nc(N)n1. The van der Waals surface area contributed by atoms with Crippen molar-refractivity contribution in [1.82, 2.24) is 9.97 Å². The van der Waals surface area contributed by atoms with Crippen LogP contribution in [-0.4, -0.2) is 23.1 Å². The van der Waals surface area contributed by atoms with E-state index in [0.29, 0.717) is 11.4 Å². The fourth-order valence-corrected chi connectivity index (χ4v) is 2.68. The van der Waals surface area contributed by atoms with Gasteiger partial charge >= 0.3 is 0 Å². The Hall–Kier alpha value is -1.52. The van der Waals surface area contributed by atoms with Gasteiger partial charge in [0.05, 0.1) is 0 Å². The minimum absolute atomic E-state index is 0.326. The predicted octanol–water partition coefficient (Wildman–Crippen LogP) is 2.09. The summed E-state index contributed by atoms with van der Waals surface area (Å²) < 4.78 is 0. The molecular weight excluding hydrogens is 226 g/mol. The van der Waals surface area contributed by atoms with E-state index in [-0.39, 0.29) is 0 Å². The largest absolute Gasteiger partial charge is 0.370 e. The van der Waals surface area contributed by atoms with Crippen LogP contribution in [0.15, 0.2) is 6.07 Å². The molecule has 0 bridgehead atoms. The molecule has 18 heavy (non-hydrogen) atoms. The summed E-state index contributed by atoms with van der Waals surface area (Å²) >= 11 is 0. The average Bonchev–Trinajstić information content (AvgIpc) is 3.19. The Kier molecular flexibility index (Phi) is 2.76. The highest BCUT2D eigenvalue weighted by atomic mass is 15.1. The summed E-state index contributed by atoms with van der Waals surface area (Å²) in [4.78, 5) is 8.39. The lowest BCUT2D eigenvalue weighted by molar-refractivity contribution is 0.466. The van der Waals surface area contributed by atoms with Gasteiger partial charge in [-0.15, -0.1) is 0 Å². The van der Waals surface area contributed by atoms with Crippen LogP contribution in [0.5, 0.6) is 0 Å². The first-order valence-electron chi connectivity index (χ1n) is 6.84. The lowest BCUT2D eigenvalue weighted by Crippen LogP contribution is -2.18. The zero-order chi connectivity index (χ0) is 12.6. The summed E-state index contributed by atoms with van der Waals surface area (Å²) in [6.45, 7) is 3.90. The van der Waals surface area contributed by atoms with Crippen LogP contribution in [0.4, 0.5) is 17.6 Å². The molecule has 0 saturated heterocycles. The van der Waals surface area contributed by atoms with E-state index in [1.54, 1.807) is 0 Å². The predicted molar refractivity (Wildman–Crippen MR) is 73.5 cm³/mol. The van der Waals surface area contributed by atoms with Crippen LogP contribution in [0.2, 0.25) is 0 Å². The number of hydrogen-bond donors (Lipinski definition) is 3. The third-order valence-electron chi connectivity index (χ3n) is 4.06. The van der Waals surface area contributed by atoms with Crippen LogP contribution < -0.4 is 16.4 Å². The van der Waals surface area contributed by atoms with E-state index >= 15 is 0 Å². The molecule has 0 amide bonds. The van der Waals surface area contributed by atoms with Gasteiger partial charge in [-0.05, 0) is 43.9 Å². The van der Waals surface area contributed by atoms with Crippen molar-refractivity contribution in [1.29, 1.82) is 0 Å². The van der Waals surface area contributed by atoms with Crippen molar-refractivity contribution in [2.24, 2.45) is 11.3 Å². The summed E-state index contributed by atoms with van der Waals surface area (Å²) in [5.41, 5.74) is 6.28. The van der Waals surface area contributed by atoms with Crippen molar-refractivity contribution in [3.63, 3.8) is 0 Å². The summed E-state index contributed by atoms with van der Waals surface area (Å²) in [6.07, 6.45) is 5.56. The minimum atomic E-state index is 0.326. The average molecular weight is 247 g/mol. The standard InChI is InChI=1S/C13H21N5/c1-2-15-10-7-11(18-12(14)17-10)16-8-13(5-6-13)9-3-4-9/h7,9H,2-6,8H2,1H3,(H4,14,15,16,17,18). The third-order valence-corrected chi connectivity index (χ3v) is 4.06. The van der Waals surface area contributed by atoms with Crippen LogP contribution in [-0.2, 0) is 0 Å². The molecule has 0 atom stereocenters. The van der Waals surface area contributed by atoms with E-state index in [9.17, 15) is 0 Å². The molecule has 2 aliphatic rings. The first-order valence-corrected chi connectivity index (χ1v) is 6.84. The molecule has 0 unspecified atom stereocenters. The second kappa shape index (κ2) is 4.30. The third kappa shape index (κ3) is 2.35. The van der Waals surface area contributed by atoms with Crippen molar-refractivity contribution in [3.8, 4) is 0 Å². The molecule has 2 saturated carbocycles. The number of anilines is 3. The highest BCUT2D eigenvalue weighted by Gasteiger charge is 2.53. The van der Waals surface area contributed by atoms with Gasteiger partial charge in [-0.1, -0.05) is 0 Å². The van der Waals surface area contributed by atoms with E-state index < -0.39 is 0 Å². The Bertz CT molecular complexity index is 437. The summed E-state index contributed by atoms with van der Waals surface area (Å²) in [7, 11) is 0. The van der Waals surface area contributed by atoms with Crippen molar-refractivity contribution >= 4 is 17.6 Å². The molecule has 1 aromatic rings. The molecular formula is C13H21N5. The number of rotatable bonds is 6. The lowest BCUT2D eigenvalue weighted by atomic mass is 10.0. The first-order chi connectivity index (χ1) is 8.72. The highest BCUT2D eigenvalue weighted by molar-refractivity contribution is 5.51. The molecule has 0 aliphatic heterocycles. The summed E-state index contributed by atoms with van der Waals surface area (Å²) in [5, 5.41) is 6.60. The molecule has 5 heteroatoms. The van der Waals surface area contributed by atoms with E-state index in [2.05, 4.69) is 20.6 Å². The van der Waals surface area contributed by atoms with E-state index in [1.165, 1.54) is 25.7 Å². The van der Waals surface area contributed by atoms with Crippen LogP contribution in [0.25, 0.3) is 0 Å². The molecule has 2 fully saturated rings. The highest BCUT2D eigenvalue weighted by Crippen LogP contribution is 2.61. The van der Waals surface area contributed by atoms with Gasteiger partial charge in [0.2, 0.25) is 5.95 Å². The Morgan fingerprint density at radius 1 is 1.28 bits per heavy atom. The molecule has 3 rings (SSSR count). The molecule has 5 nitrogen and oxygen atoms in total. The van der Waals surface area contributed by atoms with Crippen LogP contribution in [0, 0.1) is 11.3 Å². The maximum atomic E-state index is 5.71. The molecule has 4 N–H and O–H groups in total. The van der Waals surface area contributed by atoms with Crippen LogP contribution >= 0.6 is 0 Å². The second-order valence-corrected chi connectivity index (χ2v) is 5.52. The van der Waals surface area contributed by atoms with Gasteiger partial charge in [-0.3, -0.25) is 0 Å². The van der Waals surface area contributed by atoms with E-state index in [1.807, 2.05) is 13.0 Å². The van der Waals surface area contributed by atoms with Gasteiger partial charge in [-0.2, -0.15) is 9.97 Å². The molecule has 0 spiro atoms. The van der Waals surface area contributed by atoms with Crippen molar-refractivity contribution < 1.29 is 0 Å². The van der Waals surface area contributed by atoms with Gasteiger partial charge in [0.1, 0.15) is 11.6 Å². The van der Waals surface area contributed by atoms with Crippen molar-refractivity contribution in [2.45, 2.75) is 32.6 Å². The van der Waals surface area contributed by atoms with E-state index in [4.69, 9.17) is 5.73 Å². The normalized spacial score (nSPS) is 20.5. The fourth-order valence-electron chi connectivity index (χ4n) is 2.68. The summed E-state index contributed by atoms with van der Waals surface area (Å²) in [6, 6.07) is 1.93. The minimum Gasteiger partial charge on any atom is -0.370 e. The zero-order valence-electron chi connectivity index (χ0n) is 10.9. The Balaban J connectivity index is 1.64. The number of nitrogen functional groups attached to an aromatic ring is 1. The van der Waals surface area contributed by atoms with Crippen LogP contribution in [0.1, 0.15) is 32.6 Å². The number of nitrogens with two attached hydrogens (primary N) is 1. The molecule has 1 heterocycles. The Labute approximate surface area is 108 Å². The smallest absolute Gasteiger partial charge is 0.223 e. The van der Waals surface area contributed by atoms with Crippen LogP contribution in [0.3, 0.4) is 0 Å². The molecule has 1 aromatic heterocycles. The Morgan fingerprint density at radius 2 is 1.94 bits per heavy atom. The molecule has 0 radical (unpaired) electrons. The van der Waals surface area contributed by atoms with Gasteiger partial charge in [-0.25, -0.2) is 0 Å². The number of nitrogens with one attached hydrogen (secondary N) is 2. The zero-order valence-corrected chi connectivity index (χ0v) is 10.9. The van der Waals surface area contributed by atoms with Crippen molar-refractivity contribution in [2.75, 3.05) is 29.5 Å². The van der Waals surface area contributed by atoms with Gasteiger partial charge in [0, 0.05) is 19.2 Å².